The summed E-state index contributed by atoms with van der Waals surface area (Å²) >= 11 is 0. The molecule has 1 aromatic carbocycles. The van der Waals surface area contributed by atoms with Crippen LogP contribution in [0.5, 0.6) is 0 Å². The SMILES string of the molecule is CCCNC1CCC(N(C)C(C)c2ccccc2F)C1. The topological polar surface area (TPSA) is 15.3 Å². The summed E-state index contributed by atoms with van der Waals surface area (Å²) in [6, 6.07) is 8.45. The Kier molecular flexibility index (Phi) is 5.55. The van der Waals surface area contributed by atoms with Crippen LogP contribution in [0.4, 0.5) is 4.39 Å². The van der Waals surface area contributed by atoms with Gasteiger partial charge in [0.2, 0.25) is 0 Å². The van der Waals surface area contributed by atoms with Gasteiger partial charge in [-0.25, -0.2) is 4.39 Å². The Morgan fingerprint density at radius 3 is 2.80 bits per heavy atom. The number of benzene rings is 1. The van der Waals surface area contributed by atoms with Crippen LogP contribution in [0.2, 0.25) is 0 Å². The minimum Gasteiger partial charge on any atom is -0.314 e. The molecule has 1 N–H and O–H groups in total. The largest absolute Gasteiger partial charge is 0.314 e. The van der Waals surface area contributed by atoms with E-state index in [2.05, 4.69) is 31.1 Å². The van der Waals surface area contributed by atoms with Gasteiger partial charge in [-0.2, -0.15) is 0 Å². The quantitative estimate of drug-likeness (QED) is 0.853. The van der Waals surface area contributed by atoms with E-state index in [0.29, 0.717) is 12.1 Å². The van der Waals surface area contributed by atoms with Gasteiger partial charge in [-0.1, -0.05) is 25.1 Å². The lowest BCUT2D eigenvalue weighted by atomic mass is 10.0. The van der Waals surface area contributed by atoms with Crippen molar-refractivity contribution in [1.82, 2.24) is 10.2 Å². The number of nitrogens with one attached hydrogen (secondary N) is 1. The first kappa shape index (κ1) is 15.5. The predicted octanol–water partition coefficient (Wildman–Crippen LogP) is 3.74. The molecule has 0 heterocycles. The van der Waals surface area contributed by atoms with E-state index >= 15 is 0 Å². The van der Waals surface area contributed by atoms with E-state index in [1.54, 1.807) is 12.1 Å². The molecule has 20 heavy (non-hydrogen) atoms. The molecule has 0 aliphatic heterocycles. The van der Waals surface area contributed by atoms with Crippen molar-refractivity contribution in [2.24, 2.45) is 0 Å². The van der Waals surface area contributed by atoms with E-state index in [-0.39, 0.29) is 11.9 Å². The maximum Gasteiger partial charge on any atom is 0.127 e. The van der Waals surface area contributed by atoms with Crippen LogP contribution < -0.4 is 5.32 Å². The van der Waals surface area contributed by atoms with Crippen molar-refractivity contribution in [1.29, 1.82) is 0 Å². The highest BCUT2D eigenvalue weighted by Crippen LogP contribution is 2.30. The van der Waals surface area contributed by atoms with Crippen LogP contribution in [0.3, 0.4) is 0 Å². The normalized spacial score (nSPS) is 24.2. The predicted molar refractivity (Wildman–Crippen MR) is 82.3 cm³/mol. The zero-order valence-corrected chi connectivity index (χ0v) is 12.9. The summed E-state index contributed by atoms with van der Waals surface area (Å²) in [5, 5.41) is 3.61. The highest BCUT2D eigenvalue weighted by Gasteiger charge is 2.30. The summed E-state index contributed by atoms with van der Waals surface area (Å²) in [7, 11) is 2.13. The smallest absolute Gasteiger partial charge is 0.127 e. The summed E-state index contributed by atoms with van der Waals surface area (Å²) in [5.74, 6) is -0.0921. The first-order valence-electron chi connectivity index (χ1n) is 7.83. The van der Waals surface area contributed by atoms with E-state index in [1.165, 1.54) is 25.7 Å². The molecule has 1 aliphatic carbocycles. The van der Waals surface area contributed by atoms with Gasteiger partial charge in [0.15, 0.2) is 0 Å². The summed E-state index contributed by atoms with van der Waals surface area (Å²) in [4.78, 5) is 2.34. The molecule has 0 bridgehead atoms. The van der Waals surface area contributed by atoms with Gasteiger partial charge in [0.1, 0.15) is 5.82 Å². The Morgan fingerprint density at radius 1 is 1.35 bits per heavy atom. The molecule has 0 radical (unpaired) electrons. The fourth-order valence-corrected chi connectivity index (χ4v) is 3.21. The van der Waals surface area contributed by atoms with E-state index in [1.807, 2.05) is 12.1 Å². The first-order chi connectivity index (χ1) is 9.63. The minimum atomic E-state index is -0.0921. The van der Waals surface area contributed by atoms with Gasteiger partial charge in [0, 0.05) is 23.7 Å². The monoisotopic (exact) mass is 278 g/mol. The number of hydrogen-bond donors (Lipinski definition) is 1. The summed E-state index contributed by atoms with van der Waals surface area (Å²) in [6.07, 6.45) is 4.80. The third kappa shape index (κ3) is 3.58. The van der Waals surface area contributed by atoms with Gasteiger partial charge in [0.25, 0.3) is 0 Å². The molecular weight excluding hydrogens is 251 g/mol. The number of hydrogen-bond acceptors (Lipinski definition) is 2. The van der Waals surface area contributed by atoms with E-state index in [9.17, 15) is 4.39 Å². The van der Waals surface area contributed by atoms with Gasteiger partial charge < -0.3 is 5.32 Å². The van der Waals surface area contributed by atoms with Crippen molar-refractivity contribution >= 4 is 0 Å². The molecule has 1 aliphatic rings. The third-order valence-corrected chi connectivity index (χ3v) is 4.63. The van der Waals surface area contributed by atoms with Crippen molar-refractivity contribution in [2.45, 2.75) is 57.7 Å². The maximum atomic E-state index is 13.9. The Morgan fingerprint density at radius 2 is 2.10 bits per heavy atom. The second kappa shape index (κ2) is 7.19. The molecule has 112 valence electrons. The average molecular weight is 278 g/mol. The lowest BCUT2D eigenvalue weighted by molar-refractivity contribution is 0.182. The van der Waals surface area contributed by atoms with Crippen LogP contribution in [-0.2, 0) is 0 Å². The fourth-order valence-electron chi connectivity index (χ4n) is 3.21. The number of halogens is 1. The fraction of sp³-hybridized carbons (Fsp3) is 0.647. The summed E-state index contributed by atoms with van der Waals surface area (Å²) in [6.45, 7) is 5.40. The van der Waals surface area contributed by atoms with Crippen molar-refractivity contribution in [3.05, 3.63) is 35.6 Å². The molecule has 1 fully saturated rings. The second-order valence-corrected chi connectivity index (χ2v) is 5.98. The van der Waals surface area contributed by atoms with E-state index in [4.69, 9.17) is 0 Å². The first-order valence-corrected chi connectivity index (χ1v) is 7.83. The van der Waals surface area contributed by atoms with E-state index in [0.717, 1.165) is 12.1 Å². The summed E-state index contributed by atoms with van der Waals surface area (Å²) < 4.78 is 13.9. The van der Waals surface area contributed by atoms with Crippen LogP contribution in [0.15, 0.2) is 24.3 Å². The van der Waals surface area contributed by atoms with Gasteiger partial charge in [-0.05, 0) is 52.3 Å². The molecule has 3 heteroatoms. The lowest BCUT2D eigenvalue weighted by Gasteiger charge is -2.31. The van der Waals surface area contributed by atoms with Crippen molar-refractivity contribution in [2.75, 3.05) is 13.6 Å². The Hall–Kier alpha value is -0.930. The minimum absolute atomic E-state index is 0.0921. The standard InChI is InChI=1S/C17H27FN2/c1-4-11-19-14-9-10-15(12-14)20(3)13(2)16-7-5-6-8-17(16)18/h5-8,13-15,19H,4,9-12H2,1-3H3. The summed E-state index contributed by atoms with van der Waals surface area (Å²) in [5.41, 5.74) is 0.806. The Bertz CT molecular complexity index is 421. The molecule has 2 nitrogen and oxygen atoms in total. The van der Waals surface area contributed by atoms with Crippen molar-refractivity contribution < 1.29 is 4.39 Å². The highest BCUT2D eigenvalue weighted by molar-refractivity contribution is 5.20. The molecule has 1 aromatic rings. The van der Waals surface area contributed by atoms with Crippen LogP contribution in [0.25, 0.3) is 0 Å². The van der Waals surface area contributed by atoms with Crippen LogP contribution >= 0.6 is 0 Å². The molecule has 3 unspecified atom stereocenters. The molecule has 0 saturated heterocycles. The van der Waals surface area contributed by atoms with Gasteiger partial charge in [-0.3, -0.25) is 4.90 Å². The molecule has 0 amide bonds. The zero-order chi connectivity index (χ0) is 14.5. The highest BCUT2D eigenvalue weighted by atomic mass is 19.1. The van der Waals surface area contributed by atoms with Gasteiger partial charge >= 0.3 is 0 Å². The lowest BCUT2D eigenvalue weighted by Crippen LogP contribution is -2.35. The Balaban J connectivity index is 1.95. The van der Waals surface area contributed by atoms with Crippen molar-refractivity contribution in [3.8, 4) is 0 Å². The third-order valence-electron chi connectivity index (χ3n) is 4.63. The Labute approximate surface area is 122 Å². The number of rotatable bonds is 6. The van der Waals surface area contributed by atoms with Crippen LogP contribution in [0, 0.1) is 5.82 Å². The molecule has 0 spiro atoms. The van der Waals surface area contributed by atoms with Gasteiger partial charge in [0.05, 0.1) is 0 Å². The number of nitrogens with zero attached hydrogens (tertiary/aromatic N) is 1. The van der Waals surface area contributed by atoms with Crippen LogP contribution in [0.1, 0.15) is 51.1 Å². The van der Waals surface area contributed by atoms with E-state index < -0.39 is 0 Å². The average Bonchev–Trinajstić information content (AvgIpc) is 2.93. The molecule has 1 saturated carbocycles. The molecular formula is C17H27FN2. The van der Waals surface area contributed by atoms with Crippen molar-refractivity contribution in [3.63, 3.8) is 0 Å². The second-order valence-electron chi connectivity index (χ2n) is 5.98. The van der Waals surface area contributed by atoms with Crippen LogP contribution in [-0.4, -0.2) is 30.6 Å². The molecule has 3 atom stereocenters. The maximum absolute atomic E-state index is 13.9. The zero-order valence-electron chi connectivity index (χ0n) is 12.9. The molecule has 2 rings (SSSR count). The van der Waals surface area contributed by atoms with Gasteiger partial charge in [-0.15, -0.1) is 0 Å². The molecule has 0 aromatic heterocycles.